The Bertz CT molecular complexity index is 415. The second-order valence-electron chi connectivity index (χ2n) is 4.86. The Kier molecular flexibility index (Phi) is 5.08. The van der Waals surface area contributed by atoms with Crippen LogP contribution >= 0.6 is 7.60 Å². The van der Waals surface area contributed by atoms with E-state index in [1.807, 2.05) is 20.8 Å². The first-order valence-electron chi connectivity index (χ1n) is 6.01. The number of rotatable bonds is 6. The molecule has 0 atom stereocenters. The van der Waals surface area contributed by atoms with Gasteiger partial charge in [0, 0.05) is 5.41 Å². The lowest BCUT2D eigenvalue weighted by molar-refractivity contribution is 0.216. The van der Waals surface area contributed by atoms with Crippen LogP contribution in [0.1, 0.15) is 46.4 Å². The van der Waals surface area contributed by atoms with Crippen molar-refractivity contribution in [1.29, 1.82) is 0 Å². The summed E-state index contributed by atoms with van der Waals surface area (Å²) >= 11 is 0. The van der Waals surface area contributed by atoms with Gasteiger partial charge in [-0.25, -0.2) is 0 Å². The monoisotopic (exact) mass is 276 g/mol. The number of aromatic nitrogens is 2. The van der Waals surface area contributed by atoms with E-state index in [4.69, 9.17) is 13.5 Å². The standard InChI is InChI=1S/C11H21N2O4P/c1-6-15-18(14,16-7-2)8-9-12-13-10(17-9)11(3,4)5/h6-8H2,1-5H3. The first-order valence-corrected chi connectivity index (χ1v) is 7.74. The molecule has 0 saturated heterocycles. The zero-order chi connectivity index (χ0) is 13.8. The van der Waals surface area contributed by atoms with Crippen molar-refractivity contribution < 1.29 is 18.0 Å². The van der Waals surface area contributed by atoms with E-state index < -0.39 is 7.60 Å². The van der Waals surface area contributed by atoms with Crippen LogP contribution in [0.3, 0.4) is 0 Å². The van der Waals surface area contributed by atoms with Gasteiger partial charge in [0.15, 0.2) is 0 Å². The maximum atomic E-state index is 12.3. The Balaban J connectivity index is 2.82. The fourth-order valence-electron chi connectivity index (χ4n) is 1.31. The predicted molar refractivity (Wildman–Crippen MR) is 67.6 cm³/mol. The minimum atomic E-state index is -3.18. The summed E-state index contributed by atoms with van der Waals surface area (Å²) in [4.78, 5) is 0. The molecule has 1 aromatic rings. The highest BCUT2D eigenvalue weighted by molar-refractivity contribution is 7.52. The van der Waals surface area contributed by atoms with Gasteiger partial charge < -0.3 is 13.5 Å². The summed E-state index contributed by atoms with van der Waals surface area (Å²) in [6.07, 6.45) is 0.0117. The zero-order valence-electron chi connectivity index (χ0n) is 11.6. The van der Waals surface area contributed by atoms with Crippen molar-refractivity contribution in [1.82, 2.24) is 10.2 Å². The van der Waals surface area contributed by atoms with Crippen molar-refractivity contribution in [2.75, 3.05) is 13.2 Å². The minimum absolute atomic E-state index is 0.0117. The van der Waals surface area contributed by atoms with Gasteiger partial charge in [0.25, 0.3) is 0 Å². The molecule has 104 valence electrons. The van der Waals surface area contributed by atoms with E-state index in [-0.39, 0.29) is 17.5 Å². The molecule has 7 heteroatoms. The summed E-state index contributed by atoms with van der Waals surface area (Å²) in [5, 5.41) is 7.83. The Morgan fingerprint density at radius 3 is 2.11 bits per heavy atom. The van der Waals surface area contributed by atoms with Gasteiger partial charge in [0.05, 0.1) is 13.2 Å². The highest BCUT2D eigenvalue weighted by Gasteiger charge is 2.29. The maximum absolute atomic E-state index is 12.3. The van der Waals surface area contributed by atoms with Crippen LogP contribution in [0.5, 0.6) is 0 Å². The van der Waals surface area contributed by atoms with Gasteiger partial charge in [-0.2, -0.15) is 0 Å². The number of hydrogen-bond acceptors (Lipinski definition) is 6. The molecular weight excluding hydrogens is 255 g/mol. The molecule has 0 aliphatic rings. The van der Waals surface area contributed by atoms with Crippen LogP contribution in [0.15, 0.2) is 4.42 Å². The minimum Gasteiger partial charge on any atom is -0.424 e. The predicted octanol–water partition coefficient (Wildman–Crippen LogP) is 3.13. The van der Waals surface area contributed by atoms with Crippen molar-refractivity contribution in [2.24, 2.45) is 0 Å². The topological polar surface area (TPSA) is 74.5 Å². The zero-order valence-corrected chi connectivity index (χ0v) is 12.5. The van der Waals surface area contributed by atoms with Crippen LogP contribution in [0, 0.1) is 0 Å². The third-order valence-electron chi connectivity index (χ3n) is 2.09. The van der Waals surface area contributed by atoms with E-state index in [2.05, 4.69) is 10.2 Å². The van der Waals surface area contributed by atoms with Crippen LogP contribution in [0.2, 0.25) is 0 Å². The summed E-state index contributed by atoms with van der Waals surface area (Å²) in [6.45, 7) is 10.1. The molecule has 0 aromatic carbocycles. The van der Waals surface area contributed by atoms with Crippen molar-refractivity contribution in [3.63, 3.8) is 0 Å². The molecule has 0 unspecified atom stereocenters. The lowest BCUT2D eigenvalue weighted by atomic mass is 9.97. The van der Waals surface area contributed by atoms with Crippen LogP contribution in [0.4, 0.5) is 0 Å². The van der Waals surface area contributed by atoms with Crippen LogP contribution in [0.25, 0.3) is 0 Å². The van der Waals surface area contributed by atoms with Crippen LogP contribution in [-0.2, 0) is 25.2 Å². The first-order chi connectivity index (χ1) is 8.30. The molecule has 0 aliphatic carbocycles. The summed E-state index contributed by atoms with van der Waals surface area (Å²) in [5.41, 5.74) is -0.230. The molecule has 6 nitrogen and oxygen atoms in total. The molecule has 0 amide bonds. The molecule has 0 N–H and O–H groups in total. The van der Waals surface area contributed by atoms with Gasteiger partial charge in [-0.3, -0.25) is 4.57 Å². The van der Waals surface area contributed by atoms with Gasteiger partial charge in [-0.05, 0) is 13.8 Å². The van der Waals surface area contributed by atoms with Gasteiger partial charge >= 0.3 is 7.60 Å². The Hall–Kier alpha value is -0.710. The SMILES string of the molecule is CCOP(=O)(Cc1nnc(C(C)(C)C)o1)OCC. The fraction of sp³-hybridized carbons (Fsp3) is 0.818. The van der Waals surface area contributed by atoms with Crippen molar-refractivity contribution in [3.8, 4) is 0 Å². The van der Waals surface area contributed by atoms with Crippen molar-refractivity contribution >= 4 is 7.60 Å². The van der Waals surface area contributed by atoms with E-state index in [0.717, 1.165) is 0 Å². The van der Waals surface area contributed by atoms with E-state index in [0.29, 0.717) is 19.1 Å². The van der Waals surface area contributed by atoms with E-state index in [1.165, 1.54) is 0 Å². The molecule has 0 spiro atoms. The molecule has 0 bridgehead atoms. The third kappa shape index (κ3) is 4.19. The number of hydrogen-bond donors (Lipinski definition) is 0. The average molecular weight is 276 g/mol. The Morgan fingerprint density at radius 1 is 1.17 bits per heavy atom. The summed E-state index contributed by atoms with van der Waals surface area (Å²) < 4.78 is 28.1. The fourth-order valence-corrected chi connectivity index (χ4v) is 2.81. The molecule has 0 fully saturated rings. The van der Waals surface area contributed by atoms with Gasteiger partial charge in [0.1, 0.15) is 6.16 Å². The molecule has 1 rings (SSSR count). The average Bonchev–Trinajstić information content (AvgIpc) is 2.65. The molecule has 0 aliphatic heterocycles. The smallest absolute Gasteiger partial charge is 0.339 e. The van der Waals surface area contributed by atoms with E-state index >= 15 is 0 Å². The normalized spacial score (nSPS) is 12.9. The van der Waals surface area contributed by atoms with E-state index in [9.17, 15) is 4.57 Å². The maximum Gasteiger partial charge on any atom is 0.339 e. The van der Waals surface area contributed by atoms with E-state index in [1.54, 1.807) is 13.8 Å². The molecule has 1 aromatic heterocycles. The summed E-state index contributed by atoms with van der Waals surface area (Å²) in [7, 11) is -3.18. The first kappa shape index (κ1) is 15.3. The van der Waals surface area contributed by atoms with Gasteiger partial charge in [-0.15, -0.1) is 10.2 Å². The lowest BCUT2D eigenvalue weighted by Crippen LogP contribution is -2.11. The molecule has 1 heterocycles. The van der Waals surface area contributed by atoms with Gasteiger partial charge in [0.2, 0.25) is 11.8 Å². The van der Waals surface area contributed by atoms with Crippen molar-refractivity contribution in [3.05, 3.63) is 11.8 Å². The third-order valence-corrected chi connectivity index (χ3v) is 4.05. The summed E-state index contributed by atoms with van der Waals surface area (Å²) in [6, 6.07) is 0. The molecule has 0 saturated carbocycles. The Labute approximate surface area is 108 Å². The highest BCUT2D eigenvalue weighted by atomic mass is 31.2. The van der Waals surface area contributed by atoms with Crippen molar-refractivity contribution in [2.45, 2.75) is 46.2 Å². The highest BCUT2D eigenvalue weighted by Crippen LogP contribution is 2.51. The van der Waals surface area contributed by atoms with Gasteiger partial charge in [-0.1, -0.05) is 20.8 Å². The quantitative estimate of drug-likeness (QED) is 0.743. The van der Waals surface area contributed by atoms with Crippen LogP contribution in [-0.4, -0.2) is 23.4 Å². The second kappa shape index (κ2) is 5.95. The Morgan fingerprint density at radius 2 is 1.72 bits per heavy atom. The molecule has 0 radical (unpaired) electrons. The summed E-state index contributed by atoms with van der Waals surface area (Å²) in [5.74, 6) is 0.794. The molecule has 18 heavy (non-hydrogen) atoms. The van der Waals surface area contributed by atoms with Crippen LogP contribution < -0.4 is 0 Å². The molecular formula is C11H21N2O4P. The lowest BCUT2D eigenvalue weighted by Gasteiger charge is -2.15. The largest absolute Gasteiger partial charge is 0.424 e. The number of nitrogens with zero attached hydrogens (tertiary/aromatic N) is 2. The second-order valence-corrected chi connectivity index (χ2v) is 6.91.